The molecule has 0 bridgehead atoms. The van der Waals surface area contributed by atoms with E-state index in [0.717, 1.165) is 32.7 Å². The zero-order chi connectivity index (χ0) is 11.5. The predicted molar refractivity (Wildman–Crippen MR) is 62.2 cm³/mol. The number of hydrogen-bond acceptors (Lipinski definition) is 3. The highest BCUT2D eigenvalue weighted by atomic mass is 16.5. The van der Waals surface area contributed by atoms with Gasteiger partial charge in [0.2, 0.25) is 5.91 Å². The minimum atomic E-state index is 0.0735. The van der Waals surface area contributed by atoms with Crippen molar-refractivity contribution in [2.24, 2.45) is 5.92 Å². The van der Waals surface area contributed by atoms with Gasteiger partial charge in [-0.2, -0.15) is 0 Å². The average Bonchev–Trinajstić information content (AvgIpc) is 2.59. The lowest BCUT2D eigenvalue weighted by Gasteiger charge is -2.27. The molecule has 3 unspecified atom stereocenters. The van der Waals surface area contributed by atoms with Crippen molar-refractivity contribution in [3.63, 3.8) is 0 Å². The molecule has 0 aromatic heterocycles. The molecule has 2 saturated heterocycles. The number of carbonyl (C=O) groups excluding carboxylic acids is 1. The molecule has 2 fully saturated rings. The summed E-state index contributed by atoms with van der Waals surface area (Å²) in [5, 5.41) is 3.26. The molecule has 0 aromatic rings. The van der Waals surface area contributed by atoms with Gasteiger partial charge in [-0.25, -0.2) is 0 Å². The van der Waals surface area contributed by atoms with E-state index >= 15 is 0 Å². The summed E-state index contributed by atoms with van der Waals surface area (Å²) in [6, 6.07) is 0.402. The minimum Gasteiger partial charge on any atom is -0.375 e. The van der Waals surface area contributed by atoms with Crippen LogP contribution in [0.25, 0.3) is 0 Å². The van der Waals surface area contributed by atoms with Gasteiger partial charge in [0.1, 0.15) is 0 Å². The number of carbonyl (C=O) groups is 1. The maximum absolute atomic E-state index is 12.1. The zero-order valence-corrected chi connectivity index (χ0v) is 10.2. The van der Waals surface area contributed by atoms with Crippen molar-refractivity contribution in [1.29, 1.82) is 0 Å². The number of hydrogen-bond donors (Lipinski definition) is 1. The van der Waals surface area contributed by atoms with Gasteiger partial charge >= 0.3 is 0 Å². The molecule has 3 atom stereocenters. The molecule has 4 heteroatoms. The molecule has 2 aliphatic heterocycles. The van der Waals surface area contributed by atoms with E-state index in [2.05, 4.69) is 19.2 Å². The standard InChI is InChI=1S/C12H22N2O2/c1-9-5-10(2)14(8-9)12(15)6-11-7-13-3-4-16-11/h9-11,13H,3-8H2,1-2H3. The molecule has 0 aromatic carbocycles. The van der Waals surface area contributed by atoms with Crippen molar-refractivity contribution in [3.8, 4) is 0 Å². The minimum absolute atomic E-state index is 0.0735. The third-order valence-electron chi connectivity index (χ3n) is 3.51. The highest BCUT2D eigenvalue weighted by Crippen LogP contribution is 2.23. The van der Waals surface area contributed by atoms with E-state index < -0.39 is 0 Å². The molecule has 2 heterocycles. The van der Waals surface area contributed by atoms with E-state index in [-0.39, 0.29) is 12.0 Å². The van der Waals surface area contributed by atoms with Crippen LogP contribution in [0.2, 0.25) is 0 Å². The SMILES string of the molecule is CC1CC(C)N(C(=O)CC2CNCCO2)C1. The highest BCUT2D eigenvalue weighted by molar-refractivity contribution is 5.77. The monoisotopic (exact) mass is 226 g/mol. The van der Waals surface area contributed by atoms with Gasteiger partial charge in [-0.3, -0.25) is 4.79 Å². The van der Waals surface area contributed by atoms with Crippen LogP contribution in [-0.2, 0) is 9.53 Å². The molecule has 0 spiro atoms. The first kappa shape index (κ1) is 11.9. The number of rotatable bonds is 2. The summed E-state index contributed by atoms with van der Waals surface area (Å²) in [5.74, 6) is 0.898. The van der Waals surface area contributed by atoms with Crippen LogP contribution in [0.3, 0.4) is 0 Å². The van der Waals surface area contributed by atoms with E-state index in [1.807, 2.05) is 4.90 Å². The van der Waals surface area contributed by atoms with Crippen LogP contribution < -0.4 is 5.32 Å². The molecular formula is C12H22N2O2. The Morgan fingerprint density at radius 1 is 1.50 bits per heavy atom. The summed E-state index contributed by atoms with van der Waals surface area (Å²) in [7, 11) is 0. The maximum atomic E-state index is 12.1. The Morgan fingerprint density at radius 3 is 2.88 bits per heavy atom. The van der Waals surface area contributed by atoms with Crippen molar-refractivity contribution < 1.29 is 9.53 Å². The van der Waals surface area contributed by atoms with Gasteiger partial charge < -0.3 is 15.0 Å². The van der Waals surface area contributed by atoms with Crippen molar-refractivity contribution >= 4 is 5.91 Å². The lowest BCUT2D eigenvalue weighted by atomic mass is 10.1. The summed E-state index contributed by atoms with van der Waals surface area (Å²) < 4.78 is 5.56. The normalized spacial score (nSPS) is 35.4. The van der Waals surface area contributed by atoms with Crippen LogP contribution in [0, 0.1) is 5.92 Å². The van der Waals surface area contributed by atoms with Crippen molar-refractivity contribution in [1.82, 2.24) is 10.2 Å². The molecule has 4 nitrogen and oxygen atoms in total. The molecule has 0 radical (unpaired) electrons. The number of nitrogens with zero attached hydrogens (tertiary/aromatic N) is 1. The van der Waals surface area contributed by atoms with Crippen molar-refractivity contribution in [3.05, 3.63) is 0 Å². The summed E-state index contributed by atoms with van der Waals surface area (Å²) in [6.07, 6.45) is 1.74. The van der Waals surface area contributed by atoms with Crippen molar-refractivity contribution in [2.45, 2.75) is 38.8 Å². The molecule has 0 saturated carbocycles. The Labute approximate surface area is 97.3 Å². The number of amides is 1. The highest BCUT2D eigenvalue weighted by Gasteiger charge is 2.31. The quantitative estimate of drug-likeness (QED) is 0.750. The van der Waals surface area contributed by atoms with Gasteiger partial charge in [0.05, 0.1) is 19.1 Å². The van der Waals surface area contributed by atoms with E-state index in [1.165, 1.54) is 0 Å². The first-order chi connectivity index (χ1) is 7.66. The van der Waals surface area contributed by atoms with Crippen LogP contribution in [-0.4, -0.2) is 49.2 Å². The summed E-state index contributed by atoms with van der Waals surface area (Å²) in [5.41, 5.74) is 0. The van der Waals surface area contributed by atoms with E-state index in [9.17, 15) is 4.79 Å². The Hall–Kier alpha value is -0.610. The Bertz CT molecular complexity index is 251. The molecule has 0 aliphatic carbocycles. The third kappa shape index (κ3) is 2.74. The molecule has 1 amide bonds. The first-order valence-electron chi connectivity index (χ1n) is 6.28. The van der Waals surface area contributed by atoms with Crippen LogP contribution in [0.15, 0.2) is 0 Å². The topological polar surface area (TPSA) is 41.6 Å². The Kier molecular flexibility index (Phi) is 3.82. The summed E-state index contributed by atoms with van der Waals surface area (Å²) in [4.78, 5) is 14.1. The number of ether oxygens (including phenoxy) is 1. The Balaban J connectivity index is 1.82. The fourth-order valence-corrected chi connectivity index (χ4v) is 2.71. The van der Waals surface area contributed by atoms with Gasteiger partial charge in [0, 0.05) is 25.7 Å². The van der Waals surface area contributed by atoms with Crippen LogP contribution in [0.1, 0.15) is 26.7 Å². The first-order valence-corrected chi connectivity index (χ1v) is 6.28. The molecule has 92 valence electrons. The fraction of sp³-hybridized carbons (Fsp3) is 0.917. The van der Waals surface area contributed by atoms with E-state index in [0.29, 0.717) is 18.4 Å². The van der Waals surface area contributed by atoms with Gasteiger partial charge in [-0.15, -0.1) is 0 Å². The summed E-state index contributed by atoms with van der Waals surface area (Å²) >= 11 is 0. The second kappa shape index (κ2) is 5.15. The van der Waals surface area contributed by atoms with Gasteiger partial charge in [-0.1, -0.05) is 6.92 Å². The molecule has 2 aliphatic rings. The molecular weight excluding hydrogens is 204 g/mol. The lowest BCUT2D eigenvalue weighted by molar-refractivity contribution is -0.135. The third-order valence-corrected chi connectivity index (χ3v) is 3.51. The van der Waals surface area contributed by atoms with Gasteiger partial charge in [0.15, 0.2) is 0 Å². The second-order valence-corrected chi connectivity index (χ2v) is 5.14. The number of morpholine rings is 1. The zero-order valence-electron chi connectivity index (χ0n) is 10.2. The van der Waals surface area contributed by atoms with E-state index in [4.69, 9.17) is 4.74 Å². The van der Waals surface area contributed by atoms with Crippen molar-refractivity contribution in [2.75, 3.05) is 26.2 Å². The van der Waals surface area contributed by atoms with Crippen LogP contribution in [0.4, 0.5) is 0 Å². The number of nitrogens with one attached hydrogen (secondary N) is 1. The molecule has 16 heavy (non-hydrogen) atoms. The molecule has 1 N–H and O–H groups in total. The Morgan fingerprint density at radius 2 is 2.31 bits per heavy atom. The summed E-state index contributed by atoms with van der Waals surface area (Å²) in [6.45, 7) is 7.71. The van der Waals surface area contributed by atoms with Crippen LogP contribution >= 0.6 is 0 Å². The predicted octanol–water partition coefficient (Wildman–Crippen LogP) is 0.622. The fourth-order valence-electron chi connectivity index (χ4n) is 2.71. The van der Waals surface area contributed by atoms with Crippen LogP contribution in [0.5, 0.6) is 0 Å². The lowest BCUT2D eigenvalue weighted by Crippen LogP contribution is -2.43. The van der Waals surface area contributed by atoms with E-state index in [1.54, 1.807) is 0 Å². The second-order valence-electron chi connectivity index (χ2n) is 5.14. The largest absolute Gasteiger partial charge is 0.375 e. The smallest absolute Gasteiger partial charge is 0.225 e. The van der Waals surface area contributed by atoms with Gasteiger partial charge in [0.25, 0.3) is 0 Å². The molecule has 2 rings (SSSR count). The number of likely N-dealkylation sites (tertiary alicyclic amines) is 1. The average molecular weight is 226 g/mol. The maximum Gasteiger partial charge on any atom is 0.225 e. The van der Waals surface area contributed by atoms with Gasteiger partial charge in [-0.05, 0) is 19.3 Å².